The number of nitrogens with zero attached hydrogens (tertiary/aromatic N) is 2. The number of furan rings is 1. The molecule has 29 heavy (non-hydrogen) atoms. The molecule has 2 atom stereocenters. The molecule has 1 saturated heterocycles. The minimum atomic E-state index is -0.508. The summed E-state index contributed by atoms with van der Waals surface area (Å²) >= 11 is 0. The normalized spacial score (nSPS) is 19.1. The van der Waals surface area contributed by atoms with Crippen LogP contribution in [0.5, 0.6) is 0 Å². The third-order valence-electron chi connectivity index (χ3n) is 5.02. The predicted octanol–water partition coefficient (Wildman–Crippen LogP) is 3.81. The largest absolute Gasteiger partial charge is 0.467 e. The molecule has 2 amide bonds. The van der Waals surface area contributed by atoms with E-state index in [1.165, 1.54) is 0 Å². The number of carbonyl (C=O) groups is 2. The van der Waals surface area contributed by atoms with E-state index in [1.54, 1.807) is 11.2 Å². The summed E-state index contributed by atoms with van der Waals surface area (Å²) in [4.78, 5) is 29.0. The topological polar surface area (TPSA) is 75.0 Å². The summed E-state index contributed by atoms with van der Waals surface area (Å²) in [6.07, 6.45) is 3.41. The standard InChI is InChI=1S/C22H37N3O4/c1-16(2)25(21(27)29-22(4,5)6)14-18-9-7-11-24(13-18)15-20(26)23-17(3)19-10-8-12-28-19/h8,10,12,16-18H,7,9,11,13-15H2,1-6H3,(H,23,26). The summed E-state index contributed by atoms with van der Waals surface area (Å²) in [7, 11) is 0. The maximum atomic E-state index is 12.6. The highest BCUT2D eigenvalue weighted by Gasteiger charge is 2.29. The van der Waals surface area contributed by atoms with Gasteiger partial charge in [-0.05, 0) is 79.0 Å². The lowest BCUT2D eigenvalue weighted by atomic mass is 9.97. The highest BCUT2D eigenvalue weighted by molar-refractivity contribution is 5.78. The molecule has 1 aromatic rings. The Hall–Kier alpha value is -2.02. The maximum absolute atomic E-state index is 12.6. The molecular formula is C22H37N3O4. The molecule has 2 unspecified atom stereocenters. The van der Waals surface area contributed by atoms with Gasteiger partial charge in [0, 0.05) is 19.1 Å². The van der Waals surface area contributed by atoms with Gasteiger partial charge in [-0.3, -0.25) is 9.69 Å². The number of piperidine rings is 1. The van der Waals surface area contributed by atoms with Gasteiger partial charge in [0.1, 0.15) is 11.4 Å². The molecule has 7 nitrogen and oxygen atoms in total. The van der Waals surface area contributed by atoms with Gasteiger partial charge in [0.2, 0.25) is 5.91 Å². The summed E-state index contributed by atoms with van der Waals surface area (Å²) in [6.45, 7) is 14.3. The van der Waals surface area contributed by atoms with Crippen LogP contribution in [0.3, 0.4) is 0 Å². The Morgan fingerprint density at radius 1 is 1.34 bits per heavy atom. The summed E-state index contributed by atoms with van der Waals surface area (Å²) < 4.78 is 10.9. The number of carbonyl (C=O) groups excluding carboxylic acids is 2. The van der Waals surface area contributed by atoms with E-state index in [0.717, 1.165) is 31.7 Å². The lowest BCUT2D eigenvalue weighted by Gasteiger charge is -2.37. The smallest absolute Gasteiger partial charge is 0.410 e. The second-order valence-corrected chi connectivity index (χ2v) is 9.27. The van der Waals surface area contributed by atoms with Crippen LogP contribution in [0.15, 0.2) is 22.8 Å². The monoisotopic (exact) mass is 407 g/mol. The number of hydrogen-bond donors (Lipinski definition) is 1. The molecule has 2 heterocycles. The van der Waals surface area contributed by atoms with Crippen LogP contribution in [0.2, 0.25) is 0 Å². The van der Waals surface area contributed by atoms with Crippen LogP contribution in [0.1, 0.15) is 66.2 Å². The van der Waals surface area contributed by atoms with E-state index in [-0.39, 0.29) is 24.1 Å². The Labute approximate surface area is 174 Å². The zero-order valence-corrected chi connectivity index (χ0v) is 18.7. The Kier molecular flexibility index (Phi) is 8.14. The fourth-order valence-electron chi connectivity index (χ4n) is 3.64. The number of rotatable bonds is 7. The molecule has 0 aromatic carbocycles. The van der Waals surface area contributed by atoms with Gasteiger partial charge >= 0.3 is 6.09 Å². The fourth-order valence-corrected chi connectivity index (χ4v) is 3.64. The van der Waals surface area contributed by atoms with Crippen molar-refractivity contribution >= 4 is 12.0 Å². The highest BCUT2D eigenvalue weighted by Crippen LogP contribution is 2.21. The zero-order chi connectivity index (χ0) is 21.6. The number of likely N-dealkylation sites (tertiary alicyclic amines) is 1. The van der Waals surface area contributed by atoms with E-state index >= 15 is 0 Å². The molecule has 0 bridgehead atoms. The molecule has 1 aliphatic rings. The molecule has 0 spiro atoms. The van der Waals surface area contributed by atoms with Crippen molar-refractivity contribution in [3.63, 3.8) is 0 Å². The molecule has 1 aromatic heterocycles. The molecular weight excluding hydrogens is 370 g/mol. The average molecular weight is 408 g/mol. The maximum Gasteiger partial charge on any atom is 0.410 e. The van der Waals surface area contributed by atoms with E-state index in [2.05, 4.69) is 10.2 Å². The fraction of sp³-hybridized carbons (Fsp3) is 0.727. The van der Waals surface area contributed by atoms with Gasteiger partial charge in [-0.1, -0.05) is 0 Å². The van der Waals surface area contributed by atoms with Crippen LogP contribution in [0.25, 0.3) is 0 Å². The summed E-state index contributed by atoms with van der Waals surface area (Å²) in [6, 6.07) is 3.59. The molecule has 0 aliphatic carbocycles. The molecule has 1 aliphatic heterocycles. The van der Waals surface area contributed by atoms with Crippen LogP contribution in [0, 0.1) is 5.92 Å². The van der Waals surface area contributed by atoms with E-state index in [0.29, 0.717) is 19.0 Å². The molecule has 7 heteroatoms. The highest BCUT2D eigenvalue weighted by atomic mass is 16.6. The summed E-state index contributed by atoms with van der Waals surface area (Å²) in [5.41, 5.74) is -0.508. The van der Waals surface area contributed by atoms with E-state index in [1.807, 2.05) is 53.7 Å². The first-order chi connectivity index (χ1) is 13.5. The number of nitrogens with one attached hydrogen (secondary N) is 1. The third-order valence-corrected chi connectivity index (χ3v) is 5.02. The second kappa shape index (κ2) is 10.1. The van der Waals surface area contributed by atoms with Crippen LogP contribution in [0.4, 0.5) is 4.79 Å². The van der Waals surface area contributed by atoms with Gasteiger partial charge in [-0.25, -0.2) is 4.79 Å². The van der Waals surface area contributed by atoms with Crippen LogP contribution >= 0.6 is 0 Å². The SMILES string of the molecule is CC(NC(=O)CN1CCCC(CN(C(=O)OC(C)(C)C)C(C)C)C1)c1ccco1. The number of hydrogen-bond acceptors (Lipinski definition) is 5. The van der Waals surface area contributed by atoms with Crippen molar-refractivity contribution in [2.45, 2.75) is 72.1 Å². The lowest BCUT2D eigenvalue weighted by molar-refractivity contribution is -0.123. The van der Waals surface area contributed by atoms with Crippen LogP contribution in [-0.2, 0) is 9.53 Å². The van der Waals surface area contributed by atoms with Crippen molar-refractivity contribution in [1.29, 1.82) is 0 Å². The van der Waals surface area contributed by atoms with E-state index < -0.39 is 5.60 Å². The molecule has 0 saturated carbocycles. The first-order valence-corrected chi connectivity index (χ1v) is 10.6. The van der Waals surface area contributed by atoms with Gasteiger partial charge in [0.05, 0.1) is 18.8 Å². The van der Waals surface area contributed by atoms with Crippen molar-refractivity contribution in [2.75, 3.05) is 26.2 Å². The molecule has 1 N–H and O–H groups in total. The van der Waals surface area contributed by atoms with Crippen molar-refractivity contribution in [2.24, 2.45) is 5.92 Å². The first kappa shape index (κ1) is 23.3. The third kappa shape index (κ3) is 7.72. The summed E-state index contributed by atoms with van der Waals surface area (Å²) in [5, 5.41) is 2.99. The predicted molar refractivity (Wildman–Crippen MR) is 113 cm³/mol. The molecule has 2 rings (SSSR count). The van der Waals surface area contributed by atoms with Crippen molar-refractivity contribution < 1.29 is 18.7 Å². The van der Waals surface area contributed by atoms with Gasteiger partial charge < -0.3 is 19.4 Å². The average Bonchev–Trinajstić information content (AvgIpc) is 3.12. The van der Waals surface area contributed by atoms with E-state index in [9.17, 15) is 9.59 Å². The van der Waals surface area contributed by atoms with Gasteiger partial charge in [0.25, 0.3) is 0 Å². The first-order valence-electron chi connectivity index (χ1n) is 10.6. The lowest BCUT2D eigenvalue weighted by Crippen LogP contribution is -2.48. The molecule has 1 fully saturated rings. The van der Waals surface area contributed by atoms with Crippen LogP contribution in [-0.4, -0.2) is 59.6 Å². The quantitative estimate of drug-likeness (QED) is 0.744. The minimum absolute atomic E-state index is 0.0117. The van der Waals surface area contributed by atoms with Gasteiger partial charge in [0.15, 0.2) is 0 Å². The minimum Gasteiger partial charge on any atom is -0.467 e. The number of amides is 2. The Morgan fingerprint density at radius 3 is 2.66 bits per heavy atom. The Balaban J connectivity index is 1.86. The molecule has 164 valence electrons. The van der Waals surface area contributed by atoms with E-state index in [4.69, 9.17) is 9.15 Å². The number of ether oxygens (including phenoxy) is 1. The van der Waals surface area contributed by atoms with Crippen molar-refractivity contribution in [1.82, 2.24) is 15.1 Å². The Bertz CT molecular complexity index is 652. The second-order valence-electron chi connectivity index (χ2n) is 9.27. The zero-order valence-electron chi connectivity index (χ0n) is 18.7. The van der Waals surface area contributed by atoms with Crippen molar-refractivity contribution in [3.8, 4) is 0 Å². The molecule has 0 radical (unpaired) electrons. The van der Waals surface area contributed by atoms with Crippen molar-refractivity contribution in [3.05, 3.63) is 24.2 Å². The van der Waals surface area contributed by atoms with Gasteiger partial charge in [-0.2, -0.15) is 0 Å². The van der Waals surface area contributed by atoms with Crippen LogP contribution < -0.4 is 5.32 Å². The Morgan fingerprint density at radius 2 is 2.07 bits per heavy atom. The summed E-state index contributed by atoms with van der Waals surface area (Å²) in [5.74, 6) is 1.07. The van der Waals surface area contributed by atoms with Gasteiger partial charge in [-0.15, -0.1) is 0 Å².